The van der Waals surface area contributed by atoms with Gasteiger partial charge in [0.05, 0.1) is 11.2 Å². The molecule has 2 atom stereocenters. The summed E-state index contributed by atoms with van der Waals surface area (Å²) in [5.41, 5.74) is 7.09. The van der Waals surface area contributed by atoms with E-state index in [1.54, 1.807) is 24.4 Å². The summed E-state index contributed by atoms with van der Waals surface area (Å²) in [6.07, 6.45) is 10.4. The molecule has 9 heteroatoms. The van der Waals surface area contributed by atoms with E-state index in [2.05, 4.69) is 20.5 Å². The van der Waals surface area contributed by atoms with E-state index < -0.39 is 11.5 Å². The van der Waals surface area contributed by atoms with Crippen LogP contribution in [-0.2, 0) is 0 Å². The first-order chi connectivity index (χ1) is 19.2. The van der Waals surface area contributed by atoms with Crippen LogP contribution in [0, 0.1) is 5.92 Å². The zero-order chi connectivity index (χ0) is 28.0. The summed E-state index contributed by atoms with van der Waals surface area (Å²) in [6, 6.07) is 9.61. The highest BCUT2D eigenvalue weighted by Crippen LogP contribution is 2.39. The molecule has 2 aliphatic heterocycles. The van der Waals surface area contributed by atoms with Gasteiger partial charge in [0.1, 0.15) is 5.82 Å². The van der Waals surface area contributed by atoms with E-state index in [0.29, 0.717) is 47.3 Å². The molecule has 4 aliphatic rings. The van der Waals surface area contributed by atoms with Crippen molar-refractivity contribution in [3.63, 3.8) is 0 Å². The number of primary amides is 1. The molecule has 2 saturated carbocycles. The summed E-state index contributed by atoms with van der Waals surface area (Å²) in [6.45, 7) is 1.85. The van der Waals surface area contributed by atoms with Gasteiger partial charge in [-0.15, -0.1) is 0 Å². The molecule has 0 radical (unpaired) electrons. The van der Waals surface area contributed by atoms with Gasteiger partial charge in [-0.05, 0) is 101 Å². The molecule has 4 fully saturated rings. The Labute approximate surface area is 234 Å². The Morgan fingerprint density at radius 3 is 2.23 bits per heavy atom. The molecule has 212 valence electrons. The number of Topliss-reactive ketones (excluding diaryl/α,β-unsaturated/α-hetero) is 1. The first-order valence-corrected chi connectivity index (χ1v) is 14.7. The van der Waals surface area contributed by atoms with Gasteiger partial charge in [0.15, 0.2) is 5.78 Å². The average molecular weight is 546 g/mol. The number of aliphatic hydroxyl groups is 1. The van der Waals surface area contributed by atoms with Crippen molar-refractivity contribution < 1.29 is 19.5 Å². The number of hydrogen-bond acceptors (Lipinski definition) is 7. The van der Waals surface area contributed by atoms with Crippen molar-refractivity contribution in [1.82, 2.24) is 10.3 Å². The fraction of sp³-hybridized carbons (Fsp3) is 0.548. The van der Waals surface area contributed by atoms with E-state index in [1.165, 1.54) is 0 Å². The number of anilines is 2. The van der Waals surface area contributed by atoms with Crippen LogP contribution in [0.25, 0.3) is 0 Å². The SMILES string of the molecule is CC1(O)CCC(Nc2cc(C(=O)NC3CC4CCC(C3)N4c3ccc(C(=O)C4CC4)cn3)ccc2C(N)=O)CC1. The highest BCUT2D eigenvalue weighted by atomic mass is 16.3. The van der Waals surface area contributed by atoms with Crippen molar-refractivity contribution in [2.24, 2.45) is 11.7 Å². The van der Waals surface area contributed by atoms with Crippen molar-refractivity contribution >= 4 is 29.1 Å². The number of hydrogen-bond donors (Lipinski definition) is 4. The summed E-state index contributed by atoms with van der Waals surface area (Å²) in [5.74, 6) is 0.598. The number of nitrogens with one attached hydrogen (secondary N) is 2. The molecule has 2 unspecified atom stereocenters. The second-order valence-corrected chi connectivity index (χ2v) is 12.5. The minimum Gasteiger partial charge on any atom is -0.390 e. The van der Waals surface area contributed by atoms with E-state index in [1.807, 2.05) is 19.1 Å². The van der Waals surface area contributed by atoms with Crippen molar-refractivity contribution in [2.45, 2.75) is 101 Å². The number of ketones is 1. The fourth-order valence-corrected chi connectivity index (χ4v) is 6.83. The highest BCUT2D eigenvalue weighted by Gasteiger charge is 2.42. The molecule has 1 aromatic heterocycles. The number of aromatic nitrogens is 1. The molecule has 5 N–H and O–H groups in total. The number of rotatable bonds is 8. The number of amides is 2. The topological polar surface area (TPSA) is 138 Å². The number of carbonyl (C=O) groups is 3. The van der Waals surface area contributed by atoms with Gasteiger partial charge in [-0.2, -0.15) is 0 Å². The molecule has 3 heterocycles. The monoisotopic (exact) mass is 545 g/mol. The molecule has 2 amide bonds. The maximum absolute atomic E-state index is 13.3. The van der Waals surface area contributed by atoms with Crippen LogP contribution in [-0.4, -0.2) is 57.5 Å². The van der Waals surface area contributed by atoms with Gasteiger partial charge in [0.2, 0.25) is 0 Å². The zero-order valence-electron chi connectivity index (χ0n) is 23.1. The summed E-state index contributed by atoms with van der Waals surface area (Å²) in [7, 11) is 0. The van der Waals surface area contributed by atoms with Crippen LogP contribution < -0.4 is 21.3 Å². The third-order valence-electron chi connectivity index (χ3n) is 9.28. The molecule has 40 heavy (non-hydrogen) atoms. The number of carbonyl (C=O) groups excluding carboxylic acids is 3. The quantitative estimate of drug-likeness (QED) is 0.370. The maximum Gasteiger partial charge on any atom is 0.251 e. The fourth-order valence-electron chi connectivity index (χ4n) is 6.83. The molecule has 2 aliphatic carbocycles. The molecule has 2 saturated heterocycles. The Morgan fingerprint density at radius 2 is 1.62 bits per heavy atom. The molecule has 9 nitrogen and oxygen atoms in total. The van der Waals surface area contributed by atoms with Gasteiger partial charge in [0, 0.05) is 53.1 Å². The second kappa shape index (κ2) is 10.5. The first kappa shape index (κ1) is 26.7. The number of pyridine rings is 1. The lowest BCUT2D eigenvalue weighted by atomic mass is 9.83. The largest absolute Gasteiger partial charge is 0.390 e. The maximum atomic E-state index is 13.3. The summed E-state index contributed by atoms with van der Waals surface area (Å²) in [5, 5.41) is 16.9. The van der Waals surface area contributed by atoms with Gasteiger partial charge < -0.3 is 26.4 Å². The summed E-state index contributed by atoms with van der Waals surface area (Å²) in [4.78, 5) is 44.8. The molecule has 6 rings (SSSR count). The van der Waals surface area contributed by atoms with Gasteiger partial charge in [-0.1, -0.05) is 0 Å². The molecule has 2 aromatic rings. The predicted octanol–water partition coefficient (Wildman–Crippen LogP) is 3.81. The second-order valence-electron chi connectivity index (χ2n) is 12.5. The van der Waals surface area contributed by atoms with Gasteiger partial charge >= 0.3 is 0 Å². The van der Waals surface area contributed by atoms with Crippen LogP contribution in [0.2, 0.25) is 0 Å². The summed E-state index contributed by atoms with van der Waals surface area (Å²) < 4.78 is 0. The van der Waals surface area contributed by atoms with Crippen molar-refractivity contribution in [3.05, 3.63) is 53.2 Å². The normalized spacial score (nSPS) is 29.6. The number of nitrogens with zero attached hydrogens (tertiary/aromatic N) is 2. The first-order valence-electron chi connectivity index (χ1n) is 14.7. The van der Waals surface area contributed by atoms with Gasteiger partial charge in [-0.3, -0.25) is 14.4 Å². The van der Waals surface area contributed by atoms with E-state index in [-0.39, 0.29) is 29.7 Å². The van der Waals surface area contributed by atoms with Crippen LogP contribution >= 0.6 is 0 Å². The standard InChI is InChI=1S/C31H39N5O4/c1-31(40)12-10-21(11-13-31)34-26-14-19(4-8-25(26)29(32)38)30(39)35-22-15-23-6-7-24(16-22)36(23)27-9-5-20(17-33-27)28(37)18-2-3-18/h4-5,8-9,14,17-18,21-24,34,40H,2-3,6-7,10-13,15-16H2,1H3,(H2,32,38)(H,35,39). The molecule has 1 aromatic carbocycles. The molecule has 2 bridgehead atoms. The Bertz CT molecular complexity index is 1280. The van der Waals surface area contributed by atoms with Crippen molar-refractivity contribution in [3.8, 4) is 0 Å². The summed E-state index contributed by atoms with van der Waals surface area (Å²) >= 11 is 0. The van der Waals surface area contributed by atoms with Crippen LogP contribution in [0.1, 0.15) is 102 Å². The third kappa shape index (κ3) is 5.57. The van der Waals surface area contributed by atoms with Gasteiger partial charge in [-0.25, -0.2) is 4.98 Å². The van der Waals surface area contributed by atoms with E-state index in [9.17, 15) is 19.5 Å². The minimum absolute atomic E-state index is 0.0461. The zero-order valence-corrected chi connectivity index (χ0v) is 23.1. The van der Waals surface area contributed by atoms with Crippen LogP contribution in [0.3, 0.4) is 0 Å². The lowest BCUT2D eigenvalue weighted by Gasteiger charge is -2.40. The van der Waals surface area contributed by atoms with Gasteiger partial charge in [0.25, 0.3) is 11.8 Å². The lowest BCUT2D eigenvalue weighted by Crippen LogP contribution is -2.50. The number of nitrogens with two attached hydrogens (primary N) is 1. The average Bonchev–Trinajstić information content (AvgIpc) is 3.74. The van der Waals surface area contributed by atoms with Crippen LogP contribution in [0.4, 0.5) is 11.5 Å². The highest BCUT2D eigenvalue weighted by molar-refractivity contribution is 6.02. The van der Waals surface area contributed by atoms with Crippen LogP contribution in [0.5, 0.6) is 0 Å². The third-order valence-corrected chi connectivity index (χ3v) is 9.28. The number of benzene rings is 1. The minimum atomic E-state index is -0.657. The lowest BCUT2D eigenvalue weighted by molar-refractivity contribution is 0.0196. The Balaban J connectivity index is 1.10. The van der Waals surface area contributed by atoms with Crippen molar-refractivity contribution in [2.75, 3.05) is 10.2 Å². The van der Waals surface area contributed by atoms with E-state index in [4.69, 9.17) is 5.73 Å². The van der Waals surface area contributed by atoms with E-state index in [0.717, 1.165) is 57.2 Å². The Hall–Kier alpha value is -3.46. The molecular weight excluding hydrogens is 506 g/mol. The van der Waals surface area contributed by atoms with Crippen molar-refractivity contribution in [1.29, 1.82) is 0 Å². The Morgan fingerprint density at radius 1 is 0.950 bits per heavy atom. The predicted molar refractivity (Wildman–Crippen MR) is 153 cm³/mol. The Kier molecular flexibility index (Phi) is 7.02. The number of piperidine rings is 1. The number of fused-ring (bicyclic) bond motifs is 2. The van der Waals surface area contributed by atoms with Crippen LogP contribution in [0.15, 0.2) is 36.5 Å². The molecule has 0 spiro atoms. The van der Waals surface area contributed by atoms with E-state index >= 15 is 0 Å². The smallest absolute Gasteiger partial charge is 0.251 e. The molecular formula is C31H39N5O4.